The summed E-state index contributed by atoms with van der Waals surface area (Å²) in [5.41, 5.74) is 6.02. The molecule has 1 aliphatic rings. The van der Waals surface area contributed by atoms with Crippen LogP contribution in [0.2, 0.25) is 0 Å². The van der Waals surface area contributed by atoms with Crippen LogP contribution in [0.4, 0.5) is 8.78 Å². The average Bonchev–Trinajstić information content (AvgIpc) is 2.86. The Labute approximate surface area is 144 Å². The van der Waals surface area contributed by atoms with Crippen LogP contribution < -0.4 is 5.73 Å². The second-order valence-corrected chi connectivity index (χ2v) is 6.28. The number of rotatable bonds is 5. The fourth-order valence-electron chi connectivity index (χ4n) is 2.32. The zero-order valence-electron chi connectivity index (χ0n) is 12.8. The number of Topliss-reactive ketones (excluding diaryl/α,β-unsaturated/α-hetero) is 1. The number of halogens is 2. The predicted octanol–water partition coefficient (Wildman–Crippen LogP) is 2.61. The summed E-state index contributed by atoms with van der Waals surface area (Å²) in [5.74, 6) is -3.98. The van der Waals surface area contributed by atoms with Crippen LogP contribution in [0.5, 0.6) is 0 Å². The standard InChI is InChI=1S/C17H13F2NO4S/c18-12-8-4-7-11(13(12)19)15-14(21)16(17(20)23-15)24-25(22)9-10-5-2-1-3-6-10/h1-8,15H,9,20H2. The first-order valence-electron chi connectivity index (χ1n) is 7.22. The molecule has 3 rings (SSSR count). The first-order valence-corrected chi connectivity index (χ1v) is 8.47. The van der Waals surface area contributed by atoms with Crippen LogP contribution in [-0.4, -0.2) is 9.99 Å². The van der Waals surface area contributed by atoms with E-state index in [1.807, 2.05) is 0 Å². The van der Waals surface area contributed by atoms with E-state index in [4.69, 9.17) is 14.7 Å². The van der Waals surface area contributed by atoms with E-state index in [2.05, 4.69) is 0 Å². The van der Waals surface area contributed by atoms with Crippen LogP contribution in [0.25, 0.3) is 0 Å². The molecular formula is C17H13F2NO4S. The van der Waals surface area contributed by atoms with Gasteiger partial charge in [-0.05, 0) is 11.6 Å². The largest absolute Gasteiger partial charge is 0.460 e. The maximum absolute atomic E-state index is 13.9. The average molecular weight is 365 g/mol. The smallest absolute Gasteiger partial charge is 0.249 e. The Balaban J connectivity index is 1.75. The molecule has 2 aromatic carbocycles. The molecule has 2 N–H and O–H groups in total. The fourth-order valence-corrected chi connectivity index (χ4v) is 3.19. The highest BCUT2D eigenvalue weighted by atomic mass is 32.2. The Kier molecular flexibility index (Phi) is 4.80. The number of hydrogen-bond acceptors (Lipinski definition) is 5. The predicted molar refractivity (Wildman–Crippen MR) is 85.8 cm³/mol. The van der Waals surface area contributed by atoms with Gasteiger partial charge >= 0.3 is 0 Å². The normalized spacial score (nSPS) is 18.2. The van der Waals surface area contributed by atoms with E-state index >= 15 is 0 Å². The number of nitrogens with two attached hydrogens (primary N) is 1. The van der Waals surface area contributed by atoms with Crippen LogP contribution in [-0.2, 0) is 30.5 Å². The maximum atomic E-state index is 13.9. The molecule has 0 fully saturated rings. The first kappa shape index (κ1) is 17.1. The molecule has 2 atom stereocenters. The van der Waals surface area contributed by atoms with Crippen molar-refractivity contribution in [3.05, 3.63) is 82.9 Å². The van der Waals surface area contributed by atoms with Gasteiger partial charge in [0, 0.05) is 5.56 Å². The third-order valence-corrected chi connectivity index (χ3v) is 4.42. The zero-order chi connectivity index (χ0) is 18.0. The molecule has 0 bridgehead atoms. The summed E-state index contributed by atoms with van der Waals surface area (Å²) in [5, 5.41) is 0. The molecule has 0 spiro atoms. The lowest BCUT2D eigenvalue weighted by atomic mass is 10.1. The summed E-state index contributed by atoms with van der Waals surface area (Å²) in [7, 11) is 0. The van der Waals surface area contributed by atoms with Gasteiger partial charge in [0.1, 0.15) is 0 Å². The van der Waals surface area contributed by atoms with E-state index in [9.17, 15) is 17.8 Å². The molecule has 0 saturated carbocycles. The van der Waals surface area contributed by atoms with Gasteiger partial charge in [0.2, 0.25) is 28.5 Å². The summed E-state index contributed by atoms with van der Waals surface area (Å²) in [6, 6.07) is 12.2. The maximum Gasteiger partial charge on any atom is 0.249 e. The van der Waals surface area contributed by atoms with E-state index in [0.717, 1.165) is 11.6 Å². The number of carbonyl (C=O) groups excluding carboxylic acids is 1. The second-order valence-electron chi connectivity index (χ2n) is 5.22. The van der Waals surface area contributed by atoms with Gasteiger partial charge in [-0.25, -0.2) is 13.0 Å². The molecule has 0 amide bonds. The molecule has 25 heavy (non-hydrogen) atoms. The fraction of sp³-hybridized carbons (Fsp3) is 0.118. The van der Waals surface area contributed by atoms with E-state index in [-0.39, 0.29) is 11.3 Å². The lowest BCUT2D eigenvalue weighted by Gasteiger charge is -2.11. The Hall–Kier alpha value is -2.74. The Morgan fingerprint density at radius 3 is 2.56 bits per heavy atom. The number of carbonyl (C=O) groups is 1. The monoisotopic (exact) mass is 365 g/mol. The third-order valence-electron chi connectivity index (χ3n) is 3.50. The zero-order valence-corrected chi connectivity index (χ0v) is 13.6. The van der Waals surface area contributed by atoms with Crippen molar-refractivity contribution in [2.45, 2.75) is 11.9 Å². The van der Waals surface area contributed by atoms with Crippen molar-refractivity contribution in [2.75, 3.05) is 0 Å². The lowest BCUT2D eigenvalue weighted by molar-refractivity contribution is -0.123. The van der Waals surface area contributed by atoms with Crippen LogP contribution in [0, 0.1) is 11.6 Å². The van der Waals surface area contributed by atoms with Crippen molar-refractivity contribution in [3.63, 3.8) is 0 Å². The van der Waals surface area contributed by atoms with Gasteiger partial charge in [-0.2, -0.15) is 0 Å². The minimum atomic E-state index is -1.89. The number of ether oxygens (including phenoxy) is 1. The molecule has 8 heteroatoms. The van der Waals surface area contributed by atoms with Crippen molar-refractivity contribution in [1.29, 1.82) is 0 Å². The van der Waals surface area contributed by atoms with Crippen LogP contribution in [0.3, 0.4) is 0 Å². The van der Waals surface area contributed by atoms with Gasteiger partial charge < -0.3 is 14.7 Å². The minimum Gasteiger partial charge on any atom is -0.460 e. The molecular weight excluding hydrogens is 352 g/mol. The first-order chi connectivity index (χ1) is 12.0. The molecule has 0 aliphatic carbocycles. The van der Waals surface area contributed by atoms with Gasteiger partial charge in [0.15, 0.2) is 17.7 Å². The molecule has 5 nitrogen and oxygen atoms in total. The Morgan fingerprint density at radius 2 is 1.84 bits per heavy atom. The molecule has 1 heterocycles. The van der Waals surface area contributed by atoms with E-state index in [0.29, 0.717) is 0 Å². The minimum absolute atomic E-state index is 0.0316. The van der Waals surface area contributed by atoms with Crippen molar-refractivity contribution in [2.24, 2.45) is 5.73 Å². The van der Waals surface area contributed by atoms with E-state index in [1.165, 1.54) is 12.1 Å². The van der Waals surface area contributed by atoms with Gasteiger partial charge in [-0.1, -0.05) is 42.5 Å². The van der Waals surface area contributed by atoms with Gasteiger partial charge in [-0.15, -0.1) is 0 Å². The summed E-state index contributed by atoms with van der Waals surface area (Å²) in [6.45, 7) is 0. The number of hydrogen-bond donors (Lipinski definition) is 1. The van der Waals surface area contributed by atoms with Gasteiger partial charge in [-0.3, -0.25) is 4.79 Å². The molecule has 2 aromatic rings. The van der Waals surface area contributed by atoms with E-state index in [1.54, 1.807) is 30.3 Å². The van der Waals surface area contributed by atoms with Crippen molar-refractivity contribution in [3.8, 4) is 0 Å². The van der Waals surface area contributed by atoms with Crippen molar-refractivity contribution < 1.29 is 26.7 Å². The molecule has 2 unspecified atom stereocenters. The van der Waals surface area contributed by atoms with E-state index < -0.39 is 46.2 Å². The summed E-state index contributed by atoms with van der Waals surface area (Å²) in [6.07, 6.45) is -1.47. The lowest BCUT2D eigenvalue weighted by Crippen LogP contribution is -2.14. The quantitative estimate of drug-likeness (QED) is 0.881. The van der Waals surface area contributed by atoms with Crippen molar-refractivity contribution in [1.82, 2.24) is 0 Å². The Morgan fingerprint density at radius 1 is 1.12 bits per heavy atom. The highest BCUT2D eigenvalue weighted by molar-refractivity contribution is 7.79. The van der Waals surface area contributed by atoms with Crippen molar-refractivity contribution >= 4 is 16.9 Å². The van der Waals surface area contributed by atoms with Crippen LogP contribution in [0.1, 0.15) is 17.2 Å². The van der Waals surface area contributed by atoms with Gasteiger partial charge in [0.05, 0.1) is 5.75 Å². The molecule has 130 valence electrons. The number of benzene rings is 2. The molecule has 0 saturated heterocycles. The second kappa shape index (κ2) is 7.02. The summed E-state index contributed by atoms with van der Waals surface area (Å²) < 4.78 is 49.5. The highest BCUT2D eigenvalue weighted by Crippen LogP contribution is 2.34. The SMILES string of the molecule is NC1=C(OS(=O)Cc2ccccc2)C(=O)C(c2cccc(F)c2F)O1. The van der Waals surface area contributed by atoms with Crippen LogP contribution in [0.15, 0.2) is 60.2 Å². The summed E-state index contributed by atoms with van der Waals surface area (Å²) >= 11 is -1.89. The highest BCUT2D eigenvalue weighted by Gasteiger charge is 2.40. The Bertz CT molecular complexity index is 870. The molecule has 1 aliphatic heterocycles. The molecule has 0 aromatic heterocycles. The third kappa shape index (κ3) is 3.53. The number of ketones is 1. The summed E-state index contributed by atoms with van der Waals surface area (Å²) in [4.78, 5) is 12.4. The van der Waals surface area contributed by atoms with Gasteiger partial charge in [0.25, 0.3) is 0 Å². The topological polar surface area (TPSA) is 78.6 Å². The van der Waals surface area contributed by atoms with Crippen LogP contribution >= 0.6 is 0 Å². The molecule has 0 radical (unpaired) electrons.